The Morgan fingerprint density at radius 2 is 1.80 bits per heavy atom. The number of hydrogen-bond donors (Lipinski definition) is 1. The molecular formula is C33H43NO7. The molecule has 1 aromatic carbocycles. The van der Waals surface area contributed by atoms with Gasteiger partial charge in [0.1, 0.15) is 18.5 Å². The molecule has 1 amide bonds. The van der Waals surface area contributed by atoms with Gasteiger partial charge in [-0.2, -0.15) is 0 Å². The summed E-state index contributed by atoms with van der Waals surface area (Å²) in [5.74, 6) is -0.961. The summed E-state index contributed by atoms with van der Waals surface area (Å²) in [5, 5.41) is 13.3. The zero-order valence-corrected chi connectivity index (χ0v) is 25.4. The minimum atomic E-state index is -1.87. The molecule has 3 unspecified atom stereocenters. The van der Waals surface area contributed by atoms with Crippen LogP contribution in [-0.4, -0.2) is 59.8 Å². The third kappa shape index (κ3) is 3.83. The Morgan fingerprint density at radius 1 is 1.10 bits per heavy atom. The van der Waals surface area contributed by atoms with Crippen LogP contribution in [0.4, 0.5) is 10.5 Å². The van der Waals surface area contributed by atoms with Gasteiger partial charge in [0.15, 0.2) is 23.3 Å². The number of amides is 1. The minimum Gasteiger partial charge on any atom is -0.489 e. The lowest BCUT2D eigenvalue weighted by molar-refractivity contribution is -0.302. The maximum absolute atomic E-state index is 14.9. The predicted molar refractivity (Wildman–Crippen MR) is 153 cm³/mol. The van der Waals surface area contributed by atoms with Gasteiger partial charge in [-0.3, -0.25) is 9.69 Å². The maximum Gasteiger partial charge on any atom is 0.415 e. The van der Waals surface area contributed by atoms with E-state index in [-0.39, 0.29) is 35.7 Å². The molecule has 3 aliphatic carbocycles. The fourth-order valence-electron chi connectivity index (χ4n) is 8.10. The summed E-state index contributed by atoms with van der Waals surface area (Å²) in [4.78, 5) is 30.6. The van der Waals surface area contributed by atoms with Gasteiger partial charge in [0.25, 0.3) is 0 Å². The van der Waals surface area contributed by atoms with Crippen molar-refractivity contribution in [2.24, 2.45) is 28.6 Å². The van der Waals surface area contributed by atoms with Crippen LogP contribution in [0.2, 0.25) is 0 Å². The SMILES string of the molecule is CC1=CC23C(=O)[C@@H](C=C4COC(C)(C)O[C@H]4[C@]2(O)[C@H]1OC(=O)N1c2ccccc2OCC1C)C(C)(C)[C@@H](C)CC3C. The number of hydrogen-bond acceptors (Lipinski definition) is 7. The standard InChI is InChI=1S/C33H43NO7/c1-18-15-32-20(3)13-19(2)30(5,6)23(26(32)35)14-22-17-39-31(7,8)41-28(22)33(32,37)27(18)40-29(36)34-21(4)16-38-25-12-10-9-11-24(25)34/h9-12,14-15,19-21,23,27-28,37H,13,16-17H2,1-8H3/t19-,20?,21?,23+,27-,28+,32?,33+/m0/s1. The van der Waals surface area contributed by atoms with Crippen LogP contribution in [-0.2, 0) is 19.0 Å². The highest BCUT2D eigenvalue weighted by atomic mass is 16.7. The van der Waals surface area contributed by atoms with E-state index >= 15 is 0 Å². The average Bonchev–Trinajstić information content (AvgIpc) is 3.07. The van der Waals surface area contributed by atoms with E-state index in [1.165, 1.54) is 0 Å². The lowest BCUT2D eigenvalue weighted by atomic mass is 9.59. The summed E-state index contributed by atoms with van der Waals surface area (Å²) < 4.78 is 24.8. The quantitative estimate of drug-likeness (QED) is 0.454. The second-order valence-electron chi connectivity index (χ2n) is 14.0. The number of allylic oxidation sites excluding steroid dienone is 1. The largest absolute Gasteiger partial charge is 0.489 e. The van der Waals surface area contributed by atoms with E-state index in [1.54, 1.807) is 4.90 Å². The lowest BCUT2D eigenvalue weighted by Gasteiger charge is -2.52. The number of benzene rings is 1. The molecule has 8 heteroatoms. The van der Waals surface area contributed by atoms with E-state index in [0.29, 0.717) is 23.6 Å². The molecule has 1 N–H and O–H groups in total. The molecule has 0 radical (unpaired) electrons. The van der Waals surface area contributed by atoms with Gasteiger partial charge in [-0.05, 0) is 74.6 Å². The zero-order chi connectivity index (χ0) is 29.7. The van der Waals surface area contributed by atoms with Gasteiger partial charge in [-0.1, -0.05) is 52.0 Å². The summed E-state index contributed by atoms with van der Waals surface area (Å²) in [6, 6.07) is 7.05. The third-order valence-electron chi connectivity index (χ3n) is 10.7. The van der Waals surface area contributed by atoms with Gasteiger partial charge < -0.3 is 24.1 Å². The van der Waals surface area contributed by atoms with E-state index in [4.69, 9.17) is 18.9 Å². The molecule has 1 saturated carbocycles. The van der Waals surface area contributed by atoms with E-state index in [1.807, 2.05) is 71.0 Å². The zero-order valence-electron chi connectivity index (χ0n) is 25.4. The summed E-state index contributed by atoms with van der Waals surface area (Å²) >= 11 is 0. The Kier molecular flexibility index (Phi) is 6.35. The number of aliphatic hydroxyl groups is 1. The van der Waals surface area contributed by atoms with E-state index in [0.717, 1.165) is 12.0 Å². The summed E-state index contributed by atoms with van der Waals surface area (Å²) in [5.41, 5.74) is -1.59. The van der Waals surface area contributed by atoms with E-state index < -0.39 is 41.0 Å². The fourth-order valence-corrected chi connectivity index (χ4v) is 8.10. The Labute approximate surface area is 242 Å². The van der Waals surface area contributed by atoms with Crippen LogP contribution in [0.3, 0.4) is 0 Å². The topological polar surface area (TPSA) is 94.5 Å². The van der Waals surface area contributed by atoms with Crippen molar-refractivity contribution in [3.63, 3.8) is 0 Å². The van der Waals surface area contributed by atoms with Gasteiger partial charge in [0.05, 0.1) is 23.8 Å². The Morgan fingerprint density at radius 3 is 2.54 bits per heavy atom. The lowest BCUT2D eigenvalue weighted by Crippen LogP contribution is -2.68. The van der Waals surface area contributed by atoms with Gasteiger partial charge in [-0.15, -0.1) is 0 Å². The van der Waals surface area contributed by atoms with Crippen LogP contribution in [0.25, 0.3) is 0 Å². The highest BCUT2D eigenvalue weighted by molar-refractivity contribution is 5.96. The number of nitrogens with zero attached hydrogens (tertiary/aromatic N) is 1. The van der Waals surface area contributed by atoms with Gasteiger partial charge in [0, 0.05) is 5.92 Å². The first-order valence-corrected chi connectivity index (χ1v) is 14.8. The maximum atomic E-state index is 14.9. The number of Topliss-reactive ketones (excluding diaryl/α,β-unsaturated/α-hetero) is 1. The number of ketones is 1. The van der Waals surface area contributed by atoms with Crippen molar-refractivity contribution >= 4 is 17.6 Å². The van der Waals surface area contributed by atoms with Crippen molar-refractivity contribution in [3.8, 4) is 5.75 Å². The molecular weight excluding hydrogens is 522 g/mol. The first-order valence-electron chi connectivity index (χ1n) is 14.8. The molecule has 1 saturated heterocycles. The first-order chi connectivity index (χ1) is 19.1. The molecule has 6 rings (SSSR count). The Balaban J connectivity index is 1.50. The van der Waals surface area contributed by atoms with Crippen molar-refractivity contribution in [3.05, 3.63) is 47.6 Å². The molecule has 8 atom stereocenters. The number of rotatable bonds is 1. The van der Waals surface area contributed by atoms with Crippen molar-refractivity contribution in [1.29, 1.82) is 0 Å². The number of anilines is 1. The van der Waals surface area contributed by atoms with Crippen LogP contribution in [0, 0.1) is 28.6 Å². The molecule has 0 aromatic heterocycles. The average molecular weight is 566 g/mol. The summed E-state index contributed by atoms with van der Waals surface area (Å²) in [6.07, 6.45) is 1.99. The van der Waals surface area contributed by atoms with Crippen LogP contribution < -0.4 is 9.64 Å². The van der Waals surface area contributed by atoms with Gasteiger partial charge >= 0.3 is 6.09 Å². The number of carbonyl (C=O) groups is 2. The number of carbonyl (C=O) groups excluding carboxylic acids is 2. The molecule has 1 spiro atoms. The molecule has 2 bridgehead atoms. The first kappa shape index (κ1) is 28.4. The summed E-state index contributed by atoms with van der Waals surface area (Å²) in [6.45, 7) is 16.4. The van der Waals surface area contributed by atoms with Crippen molar-refractivity contribution in [1.82, 2.24) is 0 Å². The van der Waals surface area contributed by atoms with Crippen LogP contribution in [0.15, 0.2) is 47.6 Å². The molecule has 2 fully saturated rings. The van der Waals surface area contributed by atoms with Crippen LogP contribution >= 0.6 is 0 Å². The smallest absolute Gasteiger partial charge is 0.415 e. The van der Waals surface area contributed by atoms with Gasteiger partial charge in [0.2, 0.25) is 0 Å². The van der Waals surface area contributed by atoms with Crippen molar-refractivity contribution < 1.29 is 33.6 Å². The predicted octanol–water partition coefficient (Wildman–Crippen LogP) is 5.44. The van der Waals surface area contributed by atoms with Crippen molar-refractivity contribution in [2.45, 2.75) is 91.4 Å². The third-order valence-corrected chi connectivity index (χ3v) is 10.7. The summed E-state index contributed by atoms with van der Waals surface area (Å²) in [7, 11) is 0. The molecule has 2 heterocycles. The molecule has 41 heavy (non-hydrogen) atoms. The minimum absolute atomic E-state index is 0.0480. The molecule has 1 aromatic rings. The number of fused-ring (bicyclic) bond motifs is 4. The highest BCUT2D eigenvalue weighted by Crippen LogP contribution is 2.64. The van der Waals surface area contributed by atoms with Crippen LogP contribution in [0.1, 0.15) is 61.8 Å². The second-order valence-corrected chi connectivity index (χ2v) is 14.0. The molecule has 222 valence electrons. The van der Waals surface area contributed by atoms with Gasteiger partial charge in [-0.25, -0.2) is 4.79 Å². The second kappa shape index (κ2) is 9.16. The number of ether oxygens (including phenoxy) is 4. The van der Waals surface area contributed by atoms with E-state index in [9.17, 15) is 14.7 Å². The number of para-hydroxylation sites is 2. The normalized spacial score (nSPS) is 40.5. The molecule has 8 nitrogen and oxygen atoms in total. The molecule has 2 aliphatic heterocycles. The Bertz CT molecular complexity index is 1350. The fraction of sp³-hybridized carbons (Fsp3) is 0.636. The monoisotopic (exact) mass is 565 g/mol. The highest BCUT2D eigenvalue weighted by Gasteiger charge is 2.74. The molecule has 5 aliphatic rings. The van der Waals surface area contributed by atoms with E-state index in [2.05, 4.69) is 20.8 Å². The van der Waals surface area contributed by atoms with Crippen LogP contribution in [0.5, 0.6) is 5.75 Å². The Hall–Kier alpha value is -2.68. The van der Waals surface area contributed by atoms with Crippen molar-refractivity contribution in [2.75, 3.05) is 18.1 Å².